The number of likely N-dealkylation sites (N-methyl/N-ethyl adjacent to an activating group) is 1. The van der Waals surface area contributed by atoms with Crippen molar-refractivity contribution in [1.82, 2.24) is 9.29 Å². The van der Waals surface area contributed by atoms with Crippen molar-refractivity contribution in [3.8, 4) is 11.3 Å². The Kier molecular flexibility index (Phi) is 7.58. The summed E-state index contributed by atoms with van der Waals surface area (Å²) in [5, 5.41) is 0. The van der Waals surface area contributed by atoms with E-state index in [9.17, 15) is 8.42 Å². The fourth-order valence-electron chi connectivity index (χ4n) is 4.51. The predicted molar refractivity (Wildman–Crippen MR) is 134 cm³/mol. The Hall–Kier alpha value is -2.13. The van der Waals surface area contributed by atoms with Gasteiger partial charge in [-0.25, -0.2) is 8.42 Å². The minimum atomic E-state index is -3.64. The summed E-state index contributed by atoms with van der Waals surface area (Å²) in [4.78, 5) is 6.23. The molecule has 2 aliphatic rings. The van der Waals surface area contributed by atoms with Gasteiger partial charge in [0.05, 0.1) is 24.7 Å². The number of nitrogens with one attached hydrogen (secondary N) is 1. The van der Waals surface area contributed by atoms with Crippen LogP contribution in [0, 0.1) is 0 Å². The molecule has 0 saturated carbocycles. The second-order valence-electron chi connectivity index (χ2n) is 8.92. The number of allylic oxidation sites excluding steroid dienone is 1. The summed E-state index contributed by atoms with van der Waals surface area (Å²) in [5.41, 5.74) is 6.82. The van der Waals surface area contributed by atoms with Crippen LogP contribution in [0.5, 0.6) is 0 Å². The number of benzene rings is 1. The molecule has 1 aliphatic heterocycles. The molecule has 1 aromatic heterocycles. The number of ether oxygens (including phenoxy) is 2. The molecule has 0 unspecified atom stereocenters. The highest BCUT2D eigenvalue weighted by molar-refractivity contribution is 7.89. The molecule has 182 valence electrons. The second kappa shape index (κ2) is 10.4. The summed E-state index contributed by atoms with van der Waals surface area (Å²) < 4.78 is 38.4. The molecule has 4 rings (SSSR count). The Morgan fingerprint density at radius 3 is 2.67 bits per heavy atom. The summed E-state index contributed by atoms with van der Waals surface area (Å²) in [6.45, 7) is 5.70. The molecule has 2 aromatic rings. The summed E-state index contributed by atoms with van der Waals surface area (Å²) in [5.74, 6) is 0. The standard InChI is InChI=1S/C25H35N3O4S.H2/c1-19-6-7-20-17-24(26-23(20)16-19)22-18-21(8-9-25(22)28-10-4-5-11-28)33(29,30)27(2)12-13-32-15-14-31-3;/h8-9,16-18,26H,4-7,10-15H2,1-3H3;1H. The average molecular weight is 476 g/mol. The third kappa shape index (κ3) is 5.35. The van der Waals surface area contributed by atoms with Gasteiger partial charge in [-0.1, -0.05) is 5.57 Å². The SMILES string of the molecule is COCCOCCN(C)S(=O)(=O)c1ccc(N2CCCC2)c(-c2cc3c([nH]2)C=C(C)CC3)c1.[HH]. The van der Waals surface area contributed by atoms with Crippen LogP contribution in [0.2, 0.25) is 0 Å². The van der Waals surface area contributed by atoms with Gasteiger partial charge >= 0.3 is 0 Å². The lowest BCUT2D eigenvalue weighted by atomic mass is 9.98. The van der Waals surface area contributed by atoms with Crippen molar-refractivity contribution in [1.29, 1.82) is 0 Å². The molecule has 1 aromatic carbocycles. The largest absolute Gasteiger partial charge is 0.382 e. The molecular formula is C25H37N3O4S. The summed E-state index contributed by atoms with van der Waals surface area (Å²) in [7, 11) is -0.422. The van der Waals surface area contributed by atoms with Gasteiger partial charge in [-0.3, -0.25) is 0 Å². The molecule has 33 heavy (non-hydrogen) atoms. The van der Waals surface area contributed by atoms with Gasteiger partial charge in [-0.2, -0.15) is 4.31 Å². The smallest absolute Gasteiger partial charge is 0.242 e. The minimum absolute atomic E-state index is 0. The maximum Gasteiger partial charge on any atom is 0.242 e. The van der Waals surface area contributed by atoms with Crippen LogP contribution in [-0.4, -0.2) is 71.3 Å². The lowest BCUT2D eigenvalue weighted by Gasteiger charge is -2.23. The van der Waals surface area contributed by atoms with E-state index in [2.05, 4.69) is 29.0 Å². The molecule has 1 N–H and O–H groups in total. The minimum Gasteiger partial charge on any atom is -0.382 e. The van der Waals surface area contributed by atoms with Gasteiger partial charge < -0.3 is 19.4 Å². The number of aromatic nitrogens is 1. The number of fused-ring (bicyclic) bond motifs is 1. The van der Waals surface area contributed by atoms with Crippen molar-refractivity contribution in [2.24, 2.45) is 0 Å². The lowest BCUT2D eigenvalue weighted by Crippen LogP contribution is -2.30. The number of aromatic amines is 1. The van der Waals surface area contributed by atoms with Gasteiger partial charge in [0.2, 0.25) is 10.0 Å². The van der Waals surface area contributed by atoms with Crippen LogP contribution in [0.3, 0.4) is 0 Å². The van der Waals surface area contributed by atoms with Crippen LogP contribution in [0.1, 0.15) is 38.9 Å². The zero-order valence-electron chi connectivity index (χ0n) is 19.9. The number of hydrogen-bond acceptors (Lipinski definition) is 5. The van der Waals surface area contributed by atoms with E-state index in [-0.39, 0.29) is 7.97 Å². The average Bonchev–Trinajstić information content (AvgIpc) is 3.48. The maximum atomic E-state index is 13.3. The van der Waals surface area contributed by atoms with Crippen molar-refractivity contribution >= 4 is 21.8 Å². The third-order valence-electron chi connectivity index (χ3n) is 6.51. The van der Waals surface area contributed by atoms with E-state index in [1.54, 1.807) is 20.2 Å². The van der Waals surface area contributed by atoms with Crippen LogP contribution in [-0.2, 0) is 25.9 Å². The molecule has 0 radical (unpaired) electrons. The Morgan fingerprint density at radius 2 is 1.91 bits per heavy atom. The number of nitrogens with zero attached hydrogens (tertiary/aromatic N) is 2. The number of hydrogen-bond donors (Lipinski definition) is 1. The normalized spacial score (nSPS) is 16.4. The van der Waals surface area contributed by atoms with Crippen LogP contribution in [0.15, 0.2) is 34.7 Å². The quantitative estimate of drug-likeness (QED) is 0.522. The maximum absolute atomic E-state index is 13.3. The fourth-order valence-corrected chi connectivity index (χ4v) is 5.69. The summed E-state index contributed by atoms with van der Waals surface area (Å²) in [6.07, 6.45) is 6.60. The Bertz CT molecular complexity index is 1110. The summed E-state index contributed by atoms with van der Waals surface area (Å²) in [6, 6.07) is 7.73. The number of H-pyrrole nitrogens is 1. The molecule has 0 atom stereocenters. The van der Waals surface area contributed by atoms with Crippen molar-refractivity contribution in [3.63, 3.8) is 0 Å². The van der Waals surface area contributed by atoms with Crippen molar-refractivity contribution in [2.75, 3.05) is 58.5 Å². The number of aryl methyl sites for hydroxylation is 1. The number of sulfonamides is 1. The highest BCUT2D eigenvalue weighted by atomic mass is 32.2. The van der Waals surface area contributed by atoms with Gasteiger partial charge in [0.15, 0.2) is 0 Å². The molecule has 1 aliphatic carbocycles. The molecular weight excluding hydrogens is 438 g/mol. The predicted octanol–water partition coefficient (Wildman–Crippen LogP) is 4.16. The molecule has 8 heteroatoms. The molecule has 2 heterocycles. The molecule has 0 amide bonds. The topological polar surface area (TPSA) is 74.9 Å². The van der Waals surface area contributed by atoms with Gasteiger partial charge in [-0.05, 0) is 68.5 Å². The zero-order chi connectivity index (χ0) is 23.4. The van der Waals surface area contributed by atoms with Gasteiger partial charge in [0, 0.05) is 57.9 Å². The lowest BCUT2D eigenvalue weighted by molar-refractivity contribution is 0.0673. The van der Waals surface area contributed by atoms with Crippen LogP contribution < -0.4 is 4.90 Å². The van der Waals surface area contributed by atoms with Gasteiger partial charge in [0.25, 0.3) is 0 Å². The van der Waals surface area contributed by atoms with E-state index in [0.717, 1.165) is 61.4 Å². The first-order valence-electron chi connectivity index (χ1n) is 11.7. The van der Waals surface area contributed by atoms with E-state index in [0.29, 0.717) is 24.7 Å². The Balaban J connectivity index is 0.00000324. The first kappa shape index (κ1) is 24.0. The zero-order valence-corrected chi connectivity index (χ0v) is 20.7. The first-order chi connectivity index (χ1) is 15.9. The third-order valence-corrected chi connectivity index (χ3v) is 8.36. The van der Waals surface area contributed by atoms with Gasteiger partial charge in [-0.15, -0.1) is 0 Å². The second-order valence-corrected chi connectivity index (χ2v) is 11.0. The molecule has 7 nitrogen and oxygen atoms in total. The Morgan fingerprint density at radius 1 is 1.12 bits per heavy atom. The summed E-state index contributed by atoms with van der Waals surface area (Å²) >= 11 is 0. The van der Waals surface area contributed by atoms with E-state index >= 15 is 0 Å². The fraction of sp³-hybridized carbons (Fsp3) is 0.520. The van der Waals surface area contributed by atoms with E-state index in [4.69, 9.17) is 9.47 Å². The van der Waals surface area contributed by atoms with E-state index in [1.165, 1.54) is 15.4 Å². The molecule has 1 fully saturated rings. The highest BCUT2D eigenvalue weighted by Gasteiger charge is 2.25. The highest BCUT2D eigenvalue weighted by Crippen LogP contribution is 2.37. The molecule has 0 spiro atoms. The van der Waals surface area contributed by atoms with E-state index < -0.39 is 10.0 Å². The monoisotopic (exact) mass is 475 g/mol. The van der Waals surface area contributed by atoms with Crippen molar-refractivity contribution in [2.45, 2.75) is 37.5 Å². The molecule has 1 saturated heterocycles. The van der Waals surface area contributed by atoms with Gasteiger partial charge in [0.1, 0.15) is 0 Å². The van der Waals surface area contributed by atoms with Crippen molar-refractivity contribution in [3.05, 3.63) is 41.1 Å². The Labute approximate surface area is 198 Å². The van der Waals surface area contributed by atoms with Crippen LogP contribution in [0.4, 0.5) is 5.69 Å². The van der Waals surface area contributed by atoms with Crippen molar-refractivity contribution < 1.29 is 19.3 Å². The van der Waals surface area contributed by atoms with E-state index in [1.807, 2.05) is 12.1 Å². The first-order valence-corrected chi connectivity index (χ1v) is 13.2. The van der Waals surface area contributed by atoms with Crippen LogP contribution >= 0.6 is 0 Å². The molecule has 0 bridgehead atoms. The number of rotatable bonds is 10. The number of anilines is 1. The van der Waals surface area contributed by atoms with Crippen LogP contribution in [0.25, 0.3) is 17.3 Å². The number of methoxy groups -OCH3 is 1.